The van der Waals surface area contributed by atoms with Gasteiger partial charge in [-0.2, -0.15) is 0 Å². The van der Waals surface area contributed by atoms with E-state index < -0.39 is 0 Å². The van der Waals surface area contributed by atoms with Gasteiger partial charge in [-0.15, -0.1) is 0 Å². The highest BCUT2D eigenvalue weighted by atomic mass is 127. The second-order valence-corrected chi connectivity index (χ2v) is 7.64. The molecule has 0 saturated carbocycles. The van der Waals surface area contributed by atoms with Gasteiger partial charge in [0.25, 0.3) is 5.91 Å². The Bertz CT molecular complexity index is 814. The number of ether oxygens (including phenoxy) is 2. The number of rotatable bonds is 6. The fourth-order valence-corrected chi connectivity index (χ4v) is 3.93. The van der Waals surface area contributed by atoms with Crippen molar-refractivity contribution < 1.29 is 18.7 Å². The van der Waals surface area contributed by atoms with Crippen molar-refractivity contribution in [3.63, 3.8) is 0 Å². The van der Waals surface area contributed by atoms with Gasteiger partial charge in [-0.25, -0.2) is 4.39 Å². The lowest BCUT2D eigenvalue weighted by Crippen LogP contribution is -2.31. The van der Waals surface area contributed by atoms with Gasteiger partial charge in [0.05, 0.1) is 19.8 Å². The molecule has 2 aromatic rings. The van der Waals surface area contributed by atoms with Crippen LogP contribution in [0.3, 0.4) is 0 Å². The molecule has 0 radical (unpaired) electrons. The highest BCUT2D eigenvalue weighted by Crippen LogP contribution is 2.31. The number of carbonyl (C=O) groups excluding carboxylic acids is 1. The minimum atomic E-state index is -0.230. The third-order valence-corrected chi connectivity index (χ3v) is 5.64. The Hall–Kier alpha value is -2.03. The fraction of sp³-hybridized carbons (Fsp3) is 0.350. The Morgan fingerprint density at radius 1 is 1.22 bits per heavy atom. The number of nitrogens with one attached hydrogen (secondary N) is 1. The van der Waals surface area contributed by atoms with Crippen molar-refractivity contribution >= 4 is 34.2 Å². The number of hydrogen-bond acceptors (Lipinski definition) is 4. The molecule has 1 atom stereocenters. The van der Waals surface area contributed by atoms with Crippen molar-refractivity contribution in [2.24, 2.45) is 5.92 Å². The van der Waals surface area contributed by atoms with Crippen molar-refractivity contribution in [3.8, 4) is 11.5 Å². The van der Waals surface area contributed by atoms with Gasteiger partial charge in [0, 0.05) is 28.9 Å². The van der Waals surface area contributed by atoms with Crippen molar-refractivity contribution in [2.75, 3.05) is 38.8 Å². The van der Waals surface area contributed by atoms with Crippen LogP contribution in [0.2, 0.25) is 0 Å². The second kappa shape index (κ2) is 8.77. The van der Waals surface area contributed by atoms with Crippen LogP contribution in [-0.2, 0) is 0 Å². The molecule has 0 spiro atoms. The maximum Gasteiger partial charge on any atom is 0.252 e. The zero-order valence-electron chi connectivity index (χ0n) is 15.3. The molecular formula is C20H22FIN2O3. The van der Waals surface area contributed by atoms with Crippen molar-refractivity contribution in [1.82, 2.24) is 5.32 Å². The first kappa shape index (κ1) is 19.7. The van der Waals surface area contributed by atoms with Gasteiger partial charge in [0.1, 0.15) is 5.82 Å². The smallest absolute Gasteiger partial charge is 0.252 e. The molecule has 1 unspecified atom stereocenters. The highest BCUT2D eigenvalue weighted by Gasteiger charge is 2.24. The van der Waals surface area contributed by atoms with Crippen LogP contribution in [0.4, 0.5) is 10.1 Å². The standard InChI is InChI=1S/C20H22FIN2O3/c1-26-18-9-16(17(22)10-19(18)27-2)20(25)23-11-13-7-8-24(12-13)15-5-3-14(21)4-6-15/h3-6,9-10,13H,7-8,11-12H2,1-2H3,(H,23,25). The normalized spacial score (nSPS) is 16.3. The molecule has 0 aromatic heterocycles. The predicted molar refractivity (Wildman–Crippen MR) is 111 cm³/mol. The Morgan fingerprint density at radius 3 is 2.56 bits per heavy atom. The molecule has 0 bridgehead atoms. The van der Waals surface area contributed by atoms with Crippen LogP contribution < -0.4 is 19.7 Å². The largest absolute Gasteiger partial charge is 0.493 e. The molecule has 2 aromatic carbocycles. The van der Waals surface area contributed by atoms with Crippen LogP contribution in [-0.4, -0.2) is 39.8 Å². The molecule has 1 heterocycles. The third-order valence-electron chi connectivity index (χ3n) is 4.75. The Kier molecular flexibility index (Phi) is 6.41. The molecule has 1 saturated heterocycles. The molecule has 7 heteroatoms. The molecule has 0 aliphatic carbocycles. The van der Waals surface area contributed by atoms with Gasteiger partial charge in [-0.1, -0.05) is 0 Å². The Balaban J connectivity index is 1.59. The first-order valence-electron chi connectivity index (χ1n) is 8.72. The number of nitrogens with zero attached hydrogens (tertiary/aromatic N) is 1. The van der Waals surface area contributed by atoms with E-state index in [9.17, 15) is 9.18 Å². The average molecular weight is 484 g/mol. The van der Waals surface area contributed by atoms with Crippen molar-refractivity contribution in [2.45, 2.75) is 6.42 Å². The monoisotopic (exact) mass is 484 g/mol. The van der Waals surface area contributed by atoms with Gasteiger partial charge >= 0.3 is 0 Å². The van der Waals surface area contributed by atoms with Gasteiger partial charge in [-0.3, -0.25) is 4.79 Å². The summed E-state index contributed by atoms with van der Waals surface area (Å²) in [4.78, 5) is 14.8. The number of halogens is 2. The molecule has 5 nitrogen and oxygen atoms in total. The van der Waals surface area contributed by atoms with E-state index in [0.29, 0.717) is 29.5 Å². The number of amides is 1. The molecule has 1 N–H and O–H groups in total. The summed E-state index contributed by atoms with van der Waals surface area (Å²) >= 11 is 2.12. The van der Waals surface area contributed by atoms with E-state index in [1.807, 2.05) is 0 Å². The zero-order chi connectivity index (χ0) is 19.4. The van der Waals surface area contributed by atoms with E-state index in [1.165, 1.54) is 12.1 Å². The van der Waals surface area contributed by atoms with Gasteiger partial charge in [0.2, 0.25) is 0 Å². The second-order valence-electron chi connectivity index (χ2n) is 6.47. The lowest BCUT2D eigenvalue weighted by molar-refractivity contribution is 0.0947. The summed E-state index contributed by atoms with van der Waals surface area (Å²) in [5.74, 6) is 1.14. The molecule has 144 valence electrons. The topological polar surface area (TPSA) is 50.8 Å². The van der Waals surface area contributed by atoms with Gasteiger partial charge in [0.15, 0.2) is 11.5 Å². The number of benzene rings is 2. The van der Waals surface area contributed by atoms with Crippen LogP contribution >= 0.6 is 22.6 Å². The van der Waals surface area contributed by atoms with Crippen molar-refractivity contribution in [1.29, 1.82) is 0 Å². The summed E-state index contributed by atoms with van der Waals surface area (Å²) in [7, 11) is 3.12. The van der Waals surface area contributed by atoms with Crippen LogP contribution in [0.1, 0.15) is 16.8 Å². The molecule has 1 fully saturated rings. The first-order valence-corrected chi connectivity index (χ1v) is 9.80. The lowest BCUT2D eigenvalue weighted by atomic mass is 10.1. The SMILES string of the molecule is COc1cc(I)c(C(=O)NCC2CCN(c3ccc(F)cc3)C2)cc1OC. The quantitative estimate of drug-likeness (QED) is 0.636. The van der Waals surface area contributed by atoms with E-state index in [0.717, 1.165) is 28.8 Å². The predicted octanol–water partition coefficient (Wildman–Crippen LogP) is 3.70. The van der Waals surface area contributed by atoms with E-state index in [2.05, 4.69) is 32.8 Å². The first-order chi connectivity index (χ1) is 13.0. The van der Waals surface area contributed by atoms with Crippen molar-refractivity contribution in [3.05, 3.63) is 51.3 Å². The summed E-state index contributed by atoms with van der Waals surface area (Å²) in [6.07, 6.45) is 0.987. The molecule has 1 aliphatic heterocycles. The van der Waals surface area contributed by atoms with Crippen LogP contribution in [0.5, 0.6) is 11.5 Å². The molecule has 27 heavy (non-hydrogen) atoms. The van der Waals surface area contributed by atoms with Crippen LogP contribution in [0.15, 0.2) is 36.4 Å². The Morgan fingerprint density at radius 2 is 1.89 bits per heavy atom. The van der Waals surface area contributed by atoms with Crippen LogP contribution in [0, 0.1) is 15.3 Å². The number of carbonyl (C=O) groups is 1. The summed E-state index contributed by atoms with van der Waals surface area (Å²) in [6.45, 7) is 2.34. The average Bonchev–Trinajstić information content (AvgIpc) is 3.15. The summed E-state index contributed by atoms with van der Waals surface area (Å²) in [6, 6.07) is 10.0. The molecule has 1 aliphatic rings. The summed E-state index contributed by atoms with van der Waals surface area (Å²) in [5, 5.41) is 3.02. The molecule has 3 rings (SSSR count). The maximum absolute atomic E-state index is 13.1. The van der Waals surface area contributed by atoms with Crippen LogP contribution in [0.25, 0.3) is 0 Å². The van der Waals surface area contributed by atoms with E-state index in [1.54, 1.807) is 38.5 Å². The number of hydrogen-bond donors (Lipinski definition) is 1. The fourth-order valence-electron chi connectivity index (χ4n) is 3.25. The summed E-state index contributed by atoms with van der Waals surface area (Å²) < 4.78 is 24.4. The molecule has 1 amide bonds. The minimum absolute atomic E-state index is 0.124. The van der Waals surface area contributed by atoms with E-state index in [4.69, 9.17) is 9.47 Å². The maximum atomic E-state index is 13.1. The Labute approximate surface area is 172 Å². The zero-order valence-corrected chi connectivity index (χ0v) is 17.5. The summed E-state index contributed by atoms with van der Waals surface area (Å²) in [5.41, 5.74) is 1.58. The van der Waals surface area contributed by atoms with E-state index >= 15 is 0 Å². The van der Waals surface area contributed by atoms with E-state index in [-0.39, 0.29) is 11.7 Å². The number of anilines is 1. The lowest BCUT2D eigenvalue weighted by Gasteiger charge is -2.19. The minimum Gasteiger partial charge on any atom is -0.493 e. The van der Waals surface area contributed by atoms with Gasteiger partial charge < -0.3 is 19.7 Å². The third kappa shape index (κ3) is 4.63. The highest BCUT2D eigenvalue weighted by molar-refractivity contribution is 14.1. The van der Waals surface area contributed by atoms with Gasteiger partial charge in [-0.05, 0) is 71.3 Å². The molecular weight excluding hydrogens is 462 g/mol. The number of methoxy groups -OCH3 is 2.